The normalized spacial score (nSPS) is 19.3. The SMILES string of the molecule is Cc1cc(C2CCOCC2)nc2c(C(=O)NC(C)(C)C3CC3)ccn12. The van der Waals surface area contributed by atoms with Crippen molar-refractivity contribution in [3.63, 3.8) is 0 Å². The Balaban J connectivity index is 1.67. The maximum atomic E-state index is 12.9. The van der Waals surface area contributed by atoms with E-state index in [9.17, 15) is 4.79 Å². The highest BCUT2D eigenvalue weighted by Crippen LogP contribution is 2.39. The first-order valence-electron chi connectivity index (χ1n) is 9.34. The Morgan fingerprint density at radius 2 is 2.00 bits per heavy atom. The molecule has 0 atom stereocenters. The predicted molar refractivity (Wildman–Crippen MR) is 97.0 cm³/mol. The van der Waals surface area contributed by atoms with Crippen LogP contribution in [0.4, 0.5) is 0 Å². The molecule has 0 bridgehead atoms. The van der Waals surface area contributed by atoms with Gasteiger partial charge >= 0.3 is 0 Å². The van der Waals surface area contributed by atoms with Crippen LogP contribution in [0, 0.1) is 12.8 Å². The largest absolute Gasteiger partial charge is 0.381 e. The molecule has 0 spiro atoms. The number of carbonyl (C=O) groups is 1. The van der Waals surface area contributed by atoms with Crippen molar-refractivity contribution in [1.29, 1.82) is 0 Å². The summed E-state index contributed by atoms with van der Waals surface area (Å²) >= 11 is 0. The number of hydrogen-bond acceptors (Lipinski definition) is 3. The van der Waals surface area contributed by atoms with E-state index in [1.165, 1.54) is 12.8 Å². The zero-order valence-electron chi connectivity index (χ0n) is 15.3. The van der Waals surface area contributed by atoms with Gasteiger partial charge in [0.25, 0.3) is 5.91 Å². The maximum absolute atomic E-state index is 12.9. The van der Waals surface area contributed by atoms with Crippen LogP contribution in [0.5, 0.6) is 0 Å². The van der Waals surface area contributed by atoms with Crippen LogP contribution in [-0.2, 0) is 4.74 Å². The zero-order chi connectivity index (χ0) is 17.6. The molecule has 1 saturated heterocycles. The number of nitrogens with one attached hydrogen (secondary N) is 1. The number of carbonyl (C=O) groups excluding carboxylic acids is 1. The average molecular weight is 341 g/mol. The zero-order valence-corrected chi connectivity index (χ0v) is 15.3. The van der Waals surface area contributed by atoms with Crippen LogP contribution >= 0.6 is 0 Å². The molecule has 2 aliphatic rings. The summed E-state index contributed by atoms with van der Waals surface area (Å²) in [6, 6.07) is 4.04. The lowest BCUT2D eigenvalue weighted by Crippen LogP contribution is -2.45. The van der Waals surface area contributed by atoms with E-state index in [-0.39, 0.29) is 11.4 Å². The van der Waals surface area contributed by atoms with Gasteiger partial charge in [-0.1, -0.05) is 0 Å². The number of aromatic nitrogens is 2. The molecule has 1 aliphatic heterocycles. The smallest absolute Gasteiger partial charge is 0.255 e. The summed E-state index contributed by atoms with van der Waals surface area (Å²) in [5.41, 5.74) is 3.49. The Kier molecular flexibility index (Phi) is 4.07. The molecule has 1 aliphatic carbocycles. The minimum absolute atomic E-state index is 0.0181. The first kappa shape index (κ1) is 16.6. The molecule has 5 nitrogen and oxygen atoms in total. The third-order valence-electron chi connectivity index (χ3n) is 5.75. The molecule has 2 aromatic rings. The molecule has 134 valence electrons. The first-order valence-corrected chi connectivity index (χ1v) is 9.34. The number of fused-ring (bicyclic) bond motifs is 1. The molecule has 25 heavy (non-hydrogen) atoms. The van der Waals surface area contributed by atoms with Crippen molar-refractivity contribution >= 4 is 11.6 Å². The van der Waals surface area contributed by atoms with E-state index in [0.717, 1.165) is 43.1 Å². The fourth-order valence-electron chi connectivity index (χ4n) is 3.91. The van der Waals surface area contributed by atoms with Gasteiger partial charge in [0.15, 0.2) is 0 Å². The second kappa shape index (κ2) is 6.13. The summed E-state index contributed by atoms with van der Waals surface area (Å²) in [7, 11) is 0. The number of rotatable bonds is 4. The molecule has 2 aromatic heterocycles. The lowest BCUT2D eigenvalue weighted by molar-refractivity contribution is 0.0844. The van der Waals surface area contributed by atoms with Gasteiger partial charge in [-0.2, -0.15) is 0 Å². The van der Waals surface area contributed by atoms with Crippen LogP contribution in [-0.4, -0.2) is 34.0 Å². The van der Waals surface area contributed by atoms with Crippen LogP contribution < -0.4 is 5.32 Å². The van der Waals surface area contributed by atoms with Crippen molar-refractivity contribution < 1.29 is 9.53 Å². The van der Waals surface area contributed by atoms with E-state index >= 15 is 0 Å². The van der Waals surface area contributed by atoms with Crippen LogP contribution in [0.1, 0.15) is 67.2 Å². The van der Waals surface area contributed by atoms with Crippen molar-refractivity contribution in [3.8, 4) is 0 Å². The first-order chi connectivity index (χ1) is 12.0. The highest BCUT2D eigenvalue weighted by Gasteiger charge is 2.39. The highest BCUT2D eigenvalue weighted by atomic mass is 16.5. The van der Waals surface area contributed by atoms with Gasteiger partial charge in [0, 0.05) is 42.3 Å². The van der Waals surface area contributed by atoms with E-state index in [0.29, 0.717) is 17.4 Å². The van der Waals surface area contributed by atoms with Gasteiger partial charge < -0.3 is 14.5 Å². The van der Waals surface area contributed by atoms with Crippen LogP contribution in [0.3, 0.4) is 0 Å². The molecule has 1 N–H and O–H groups in total. The molecule has 4 rings (SSSR count). The average Bonchev–Trinajstić information content (AvgIpc) is 3.36. The molecule has 2 fully saturated rings. The number of aryl methyl sites for hydroxylation is 1. The minimum atomic E-state index is -0.154. The quantitative estimate of drug-likeness (QED) is 0.926. The van der Waals surface area contributed by atoms with Gasteiger partial charge in [0.2, 0.25) is 0 Å². The third-order valence-corrected chi connectivity index (χ3v) is 5.75. The van der Waals surface area contributed by atoms with Gasteiger partial charge in [-0.15, -0.1) is 0 Å². The Labute approximate surface area is 148 Å². The predicted octanol–water partition coefficient (Wildman–Crippen LogP) is 3.46. The fraction of sp³-hybridized carbons (Fsp3) is 0.600. The molecule has 5 heteroatoms. The van der Waals surface area contributed by atoms with Crippen molar-refractivity contribution in [3.05, 3.63) is 35.3 Å². The van der Waals surface area contributed by atoms with Crippen molar-refractivity contribution in [2.45, 2.75) is 57.9 Å². The van der Waals surface area contributed by atoms with Gasteiger partial charge in [0.05, 0.1) is 5.56 Å². The van der Waals surface area contributed by atoms with Crippen molar-refractivity contribution in [2.75, 3.05) is 13.2 Å². The molecular weight excluding hydrogens is 314 g/mol. The van der Waals surface area contributed by atoms with Crippen LogP contribution in [0.15, 0.2) is 18.3 Å². The standard InChI is InChI=1S/C20H27N3O2/c1-13-12-17(14-7-10-25-11-8-14)21-18-16(6-9-23(13)18)19(24)22-20(2,3)15-4-5-15/h6,9,12,14-15H,4-5,7-8,10-11H2,1-3H3,(H,22,24). The molecule has 0 radical (unpaired) electrons. The number of hydrogen-bond donors (Lipinski definition) is 1. The second-order valence-electron chi connectivity index (χ2n) is 8.08. The molecule has 0 aromatic carbocycles. The third kappa shape index (κ3) is 3.17. The summed E-state index contributed by atoms with van der Waals surface area (Å²) in [4.78, 5) is 17.8. The maximum Gasteiger partial charge on any atom is 0.255 e. The minimum Gasteiger partial charge on any atom is -0.381 e. The van der Waals surface area contributed by atoms with E-state index in [4.69, 9.17) is 9.72 Å². The summed E-state index contributed by atoms with van der Waals surface area (Å²) in [6.45, 7) is 7.90. The summed E-state index contributed by atoms with van der Waals surface area (Å²) < 4.78 is 7.49. The van der Waals surface area contributed by atoms with Gasteiger partial charge in [-0.3, -0.25) is 4.79 Å². The molecule has 3 heterocycles. The van der Waals surface area contributed by atoms with Gasteiger partial charge in [0.1, 0.15) is 5.65 Å². The summed E-state index contributed by atoms with van der Waals surface area (Å²) in [5, 5.41) is 3.22. The fourth-order valence-corrected chi connectivity index (χ4v) is 3.91. The van der Waals surface area contributed by atoms with E-state index in [1.54, 1.807) is 0 Å². The molecule has 1 amide bonds. The van der Waals surface area contributed by atoms with E-state index < -0.39 is 0 Å². The van der Waals surface area contributed by atoms with Crippen molar-refractivity contribution in [1.82, 2.24) is 14.7 Å². The molecule has 0 unspecified atom stereocenters. The second-order valence-corrected chi connectivity index (χ2v) is 8.08. The van der Waals surface area contributed by atoms with Crippen molar-refractivity contribution in [2.24, 2.45) is 5.92 Å². The Morgan fingerprint density at radius 3 is 2.68 bits per heavy atom. The molecule has 1 saturated carbocycles. The van der Waals surface area contributed by atoms with Gasteiger partial charge in [-0.05, 0) is 64.5 Å². The highest BCUT2D eigenvalue weighted by molar-refractivity contribution is 6.00. The Hall–Kier alpha value is -1.88. The summed E-state index contributed by atoms with van der Waals surface area (Å²) in [6.07, 6.45) is 6.35. The lowest BCUT2D eigenvalue weighted by Gasteiger charge is -2.26. The Bertz CT molecular complexity index is 799. The summed E-state index contributed by atoms with van der Waals surface area (Å²) in [5.74, 6) is 0.999. The number of ether oxygens (including phenoxy) is 1. The lowest BCUT2D eigenvalue weighted by atomic mass is 9.96. The van der Waals surface area contributed by atoms with Crippen LogP contribution in [0.2, 0.25) is 0 Å². The van der Waals surface area contributed by atoms with E-state index in [2.05, 4.69) is 32.2 Å². The number of nitrogens with zero attached hydrogens (tertiary/aromatic N) is 2. The molecular formula is C20H27N3O2. The number of amides is 1. The van der Waals surface area contributed by atoms with Gasteiger partial charge in [-0.25, -0.2) is 4.98 Å². The van der Waals surface area contributed by atoms with E-state index in [1.807, 2.05) is 16.7 Å². The van der Waals surface area contributed by atoms with Crippen LogP contribution in [0.25, 0.3) is 5.65 Å². The Morgan fingerprint density at radius 1 is 1.28 bits per heavy atom. The monoisotopic (exact) mass is 341 g/mol. The topological polar surface area (TPSA) is 55.6 Å².